The van der Waals surface area contributed by atoms with E-state index >= 15 is 0 Å². The molecular weight excluding hydrogens is 223 g/mol. The summed E-state index contributed by atoms with van der Waals surface area (Å²) in [5.74, 6) is 0. The van der Waals surface area contributed by atoms with Crippen LogP contribution in [0.15, 0.2) is 61.2 Å². The van der Waals surface area contributed by atoms with E-state index < -0.39 is 7.12 Å². The summed E-state index contributed by atoms with van der Waals surface area (Å²) >= 11 is 0. The average Bonchev–Trinajstić information content (AvgIpc) is 2.40. The molecule has 0 heterocycles. The lowest BCUT2D eigenvalue weighted by Gasteiger charge is -2.12. The van der Waals surface area contributed by atoms with E-state index in [0.717, 1.165) is 23.1 Å². The Bertz CT molecular complexity index is 550. The van der Waals surface area contributed by atoms with Gasteiger partial charge in [-0.05, 0) is 28.6 Å². The van der Waals surface area contributed by atoms with Gasteiger partial charge in [0.05, 0.1) is 0 Å². The van der Waals surface area contributed by atoms with Crippen molar-refractivity contribution in [3.63, 3.8) is 0 Å². The highest BCUT2D eigenvalue weighted by molar-refractivity contribution is 6.60. The Kier molecular flexibility index (Phi) is 3.97. The number of allylic oxidation sites excluding steroid dienone is 1. The summed E-state index contributed by atoms with van der Waals surface area (Å²) in [4.78, 5) is 0. The van der Waals surface area contributed by atoms with Crippen molar-refractivity contribution in [2.24, 2.45) is 0 Å². The van der Waals surface area contributed by atoms with E-state index in [-0.39, 0.29) is 0 Å². The molecule has 0 aliphatic carbocycles. The Hall–Kier alpha value is -1.84. The highest BCUT2D eigenvalue weighted by atomic mass is 16.4. The third kappa shape index (κ3) is 2.53. The molecule has 2 N–H and O–H groups in total. The van der Waals surface area contributed by atoms with Crippen molar-refractivity contribution in [2.45, 2.75) is 6.42 Å². The zero-order valence-corrected chi connectivity index (χ0v) is 10.1. The lowest BCUT2D eigenvalue weighted by molar-refractivity contribution is 0.426. The topological polar surface area (TPSA) is 40.5 Å². The van der Waals surface area contributed by atoms with Crippen LogP contribution in [0.1, 0.15) is 5.56 Å². The summed E-state index contributed by atoms with van der Waals surface area (Å²) in [5, 5.41) is 18.8. The Morgan fingerprint density at radius 2 is 1.56 bits per heavy atom. The maximum Gasteiger partial charge on any atom is 0.489 e. The molecule has 0 atom stereocenters. The summed E-state index contributed by atoms with van der Waals surface area (Å²) in [5.41, 5.74) is 3.51. The maximum atomic E-state index is 9.42. The molecule has 0 radical (unpaired) electrons. The fourth-order valence-electron chi connectivity index (χ4n) is 2.08. The molecule has 0 fully saturated rings. The number of hydrogen-bond donors (Lipinski definition) is 2. The molecule has 0 aromatic heterocycles. The first-order chi connectivity index (χ1) is 8.74. The summed E-state index contributed by atoms with van der Waals surface area (Å²) in [7, 11) is -1.46. The number of benzene rings is 2. The van der Waals surface area contributed by atoms with Crippen LogP contribution in [0.2, 0.25) is 0 Å². The molecule has 2 nitrogen and oxygen atoms in total. The number of rotatable bonds is 4. The second-order valence-electron chi connectivity index (χ2n) is 4.11. The lowest BCUT2D eigenvalue weighted by Crippen LogP contribution is -2.31. The molecule has 2 rings (SSSR count). The van der Waals surface area contributed by atoms with Gasteiger partial charge >= 0.3 is 7.12 Å². The van der Waals surface area contributed by atoms with Gasteiger partial charge in [-0.1, -0.05) is 54.6 Å². The van der Waals surface area contributed by atoms with E-state index in [1.165, 1.54) is 0 Å². The zero-order chi connectivity index (χ0) is 13.0. The van der Waals surface area contributed by atoms with Crippen molar-refractivity contribution in [3.05, 3.63) is 66.7 Å². The SMILES string of the molecule is C=CCc1ccccc1-c1ccccc1B(O)O. The summed E-state index contributed by atoms with van der Waals surface area (Å²) in [6, 6.07) is 15.3. The van der Waals surface area contributed by atoms with Crippen LogP contribution in [0.25, 0.3) is 11.1 Å². The van der Waals surface area contributed by atoms with Gasteiger partial charge in [0.25, 0.3) is 0 Å². The van der Waals surface area contributed by atoms with Crippen LogP contribution in [0.4, 0.5) is 0 Å². The van der Waals surface area contributed by atoms with Crippen molar-refractivity contribution in [1.82, 2.24) is 0 Å². The summed E-state index contributed by atoms with van der Waals surface area (Å²) in [6.45, 7) is 3.75. The summed E-state index contributed by atoms with van der Waals surface area (Å²) in [6.07, 6.45) is 2.60. The van der Waals surface area contributed by atoms with Gasteiger partial charge in [0, 0.05) is 0 Å². The molecule has 0 saturated heterocycles. The molecule has 90 valence electrons. The first-order valence-corrected chi connectivity index (χ1v) is 5.88. The average molecular weight is 238 g/mol. The van der Waals surface area contributed by atoms with Gasteiger partial charge in [-0.15, -0.1) is 6.58 Å². The highest BCUT2D eigenvalue weighted by Gasteiger charge is 2.17. The van der Waals surface area contributed by atoms with E-state index in [2.05, 4.69) is 6.58 Å². The molecule has 0 bridgehead atoms. The maximum absolute atomic E-state index is 9.42. The van der Waals surface area contributed by atoms with Crippen LogP contribution >= 0.6 is 0 Å². The van der Waals surface area contributed by atoms with Gasteiger partial charge in [0.15, 0.2) is 0 Å². The van der Waals surface area contributed by atoms with Crippen molar-refractivity contribution in [2.75, 3.05) is 0 Å². The van der Waals surface area contributed by atoms with E-state index in [1.807, 2.05) is 42.5 Å². The van der Waals surface area contributed by atoms with Crippen molar-refractivity contribution in [3.8, 4) is 11.1 Å². The molecular formula is C15H15BO2. The molecule has 3 heteroatoms. The monoisotopic (exact) mass is 238 g/mol. The van der Waals surface area contributed by atoms with Crippen LogP contribution in [0, 0.1) is 0 Å². The fraction of sp³-hybridized carbons (Fsp3) is 0.0667. The third-order valence-corrected chi connectivity index (χ3v) is 2.91. The van der Waals surface area contributed by atoms with Crippen LogP contribution in [0.3, 0.4) is 0 Å². The second kappa shape index (κ2) is 5.67. The molecule has 18 heavy (non-hydrogen) atoms. The Labute approximate surface area is 107 Å². The fourth-order valence-corrected chi connectivity index (χ4v) is 2.08. The predicted molar refractivity (Wildman–Crippen MR) is 75.6 cm³/mol. The van der Waals surface area contributed by atoms with Crippen LogP contribution < -0.4 is 5.46 Å². The quantitative estimate of drug-likeness (QED) is 0.629. The largest absolute Gasteiger partial charge is 0.489 e. The van der Waals surface area contributed by atoms with Gasteiger partial charge in [0.2, 0.25) is 0 Å². The minimum Gasteiger partial charge on any atom is -0.423 e. The van der Waals surface area contributed by atoms with E-state index in [0.29, 0.717) is 5.46 Å². The van der Waals surface area contributed by atoms with Gasteiger partial charge in [0.1, 0.15) is 0 Å². The molecule has 0 saturated carbocycles. The van der Waals surface area contributed by atoms with Gasteiger partial charge in [-0.25, -0.2) is 0 Å². The highest BCUT2D eigenvalue weighted by Crippen LogP contribution is 2.22. The molecule has 0 amide bonds. The Morgan fingerprint density at radius 3 is 2.22 bits per heavy atom. The first kappa shape index (κ1) is 12.6. The molecule has 2 aromatic carbocycles. The summed E-state index contributed by atoms with van der Waals surface area (Å²) < 4.78 is 0. The van der Waals surface area contributed by atoms with Gasteiger partial charge in [-0.3, -0.25) is 0 Å². The molecule has 2 aromatic rings. The van der Waals surface area contributed by atoms with Crippen LogP contribution in [-0.4, -0.2) is 17.2 Å². The lowest BCUT2D eigenvalue weighted by atomic mass is 9.75. The Balaban J connectivity index is 2.58. The standard InChI is InChI=1S/C15H15BO2/c1-2-7-12-8-3-4-9-13(12)14-10-5-6-11-15(14)16(17)18/h2-6,8-11,17-18H,1,7H2. The van der Waals surface area contributed by atoms with Crippen molar-refractivity contribution in [1.29, 1.82) is 0 Å². The molecule has 0 aliphatic rings. The Morgan fingerprint density at radius 1 is 0.944 bits per heavy atom. The van der Waals surface area contributed by atoms with Crippen LogP contribution in [0.5, 0.6) is 0 Å². The minimum atomic E-state index is -1.46. The molecule has 0 spiro atoms. The van der Waals surface area contributed by atoms with E-state index in [9.17, 15) is 10.0 Å². The first-order valence-electron chi connectivity index (χ1n) is 5.88. The van der Waals surface area contributed by atoms with E-state index in [1.54, 1.807) is 12.1 Å². The van der Waals surface area contributed by atoms with E-state index in [4.69, 9.17) is 0 Å². The predicted octanol–water partition coefficient (Wildman–Crippen LogP) is 1.76. The van der Waals surface area contributed by atoms with Crippen molar-refractivity contribution >= 4 is 12.6 Å². The number of hydrogen-bond acceptors (Lipinski definition) is 2. The van der Waals surface area contributed by atoms with Gasteiger partial charge in [-0.2, -0.15) is 0 Å². The minimum absolute atomic E-state index is 0.522. The second-order valence-corrected chi connectivity index (χ2v) is 4.11. The van der Waals surface area contributed by atoms with Crippen molar-refractivity contribution < 1.29 is 10.0 Å². The zero-order valence-electron chi connectivity index (χ0n) is 10.1. The smallest absolute Gasteiger partial charge is 0.423 e. The normalized spacial score (nSPS) is 10.1. The molecule has 0 aliphatic heterocycles. The van der Waals surface area contributed by atoms with Gasteiger partial charge < -0.3 is 10.0 Å². The third-order valence-electron chi connectivity index (χ3n) is 2.91. The molecule has 0 unspecified atom stereocenters. The van der Waals surface area contributed by atoms with Crippen LogP contribution in [-0.2, 0) is 6.42 Å².